The van der Waals surface area contributed by atoms with E-state index in [-0.39, 0.29) is 24.0 Å². The lowest BCUT2D eigenvalue weighted by molar-refractivity contribution is 0.493. The number of aliphatic imine (C=N–C) groups is 1. The van der Waals surface area contributed by atoms with Crippen LogP contribution in [0.1, 0.15) is 59.3 Å². The van der Waals surface area contributed by atoms with Crippen LogP contribution in [0.15, 0.2) is 4.99 Å². The minimum absolute atomic E-state index is 0. The Labute approximate surface area is 136 Å². The number of hydrogen-bond donors (Lipinski definition) is 2. The maximum absolute atomic E-state index is 5.82. The van der Waals surface area contributed by atoms with E-state index in [2.05, 4.69) is 37.0 Å². The first kappa shape index (κ1) is 20.9. The molecule has 0 aromatic rings. The van der Waals surface area contributed by atoms with Crippen molar-refractivity contribution in [2.45, 2.75) is 65.3 Å². The lowest BCUT2D eigenvalue weighted by atomic mass is 10.0. The molecule has 0 aromatic heterocycles. The number of nitrogens with two attached hydrogens (primary N) is 1. The van der Waals surface area contributed by atoms with Gasteiger partial charge in [-0.15, -0.1) is 36.3 Å². The Hall–Kier alpha value is -0.440. The molecule has 0 spiro atoms. The number of nitrogens with one attached hydrogen (secondary N) is 1. The Bertz CT molecular complexity index is 269. The fraction of sp³-hybridized carbons (Fsp3) is 0.800. The molecular weight excluding hydrogens is 349 g/mol. The lowest BCUT2D eigenvalue weighted by Crippen LogP contribution is -2.38. The number of rotatable bonds is 9. The van der Waals surface area contributed by atoms with Crippen LogP contribution in [0, 0.1) is 18.3 Å². The van der Waals surface area contributed by atoms with E-state index in [0.717, 1.165) is 38.1 Å². The highest BCUT2D eigenvalue weighted by molar-refractivity contribution is 14.0. The van der Waals surface area contributed by atoms with Crippen LogP contribution >= 0.6 is 24.0 Å². The van der Waals surface area contributed by atoms with Gasteiger partial charge in [-0.2, -0.15) is 0 Å². The van der Waals surface area contributed by atoms with Crippen molar-refractivity contribution in [1.29, 1.82) is 0 Å². The van der Waals surface area contributed by atoms with Gasteiger partial charge in [0.2, 0.25) is 0 Å². The molecule has 0 bridgehead atoms. The summed E-state index contributed by atoms with van der Waals surface area (Å²) in [6.07, 6.45) is 11.7. The average molecular weight is 379 g/mol. The fourth-order valence-electron chi connectivity index (χ4n) is 1.74. The molecule has 3 nitrogen and oxygen atoms in total. The summed E-state index contributed by atoms with van der Waals surface area (Å²) in [5.41, 5.74) is 5.82. The lowest BCUT2D eigenvalue weighted by Gasteiger charge is -2.15. The molecular formula is C15H30IN3. The predicted octanol–water partition coefficient (Wildman–Crippen LogP) is 3.53. The summed E-state index contributed by atoms with van der Waals surface area (Å²) in [6, 6.07) is 0.401. The minimum atomic E-state index is 0. The quantitative estimate of drug-likeness (QED) is 0.212. The smallest absolute Gasteiger partial charge is 0.188 e. The molecule has 0 aliphatic heterocycles. The van der Waals surface area contributed by atoms with Gasteiger partial charge in [-0.25, -0.2) is 0 Å². The first-order valence-corrected chi connectivity index (χ1v) is 7.06. The largest absolute Gasteiger partial charge is 0.370 e. The number of guanidine groups is 1. The SMILES string of the molecule is C#CCCCCN=C(N)NC(C)CCCC(C)C.I. The molecule has 0 aromatic carbocycles. The summed E-state index contributed by atoms with van der Waals surface area (Å²) in [6.45, 7) is 7.43. The number of halogens is 1. The number of terminal acetylenes is 1. The molecule has 0 saturated heterocycles. The first-order chi connectivity index (χ1) is 8.56. The van der Waals surface area contributed by atoms with E-state index in [1.807, 2.05) is 0 Å². The summed E-state index contributed by atoms with van der Waals surface area (Å²) < 4.78 is 0. The molecule has 0 aliphatic rings. The van der Waals surface area contributed by atoms with Crippen LogP contribution in [0.25, 0.3) is 0 Å². The normalized spacial score (nSPS) is 12.7. The fourth-order valence-corrected chi connectivity index (χ4v) is 1.74. The van der Waals surface area contributed by atoms with Crippen molar-refractivity contribution in [3.8, 4) is 12.3 Å². The second-order valence-corrected chi connectivity index (χ2v) is 5.30. The molecule has 1 atom stereocenters. The molecule has 1 unspecified atom stereocenters. The number of nitrogens with zero attached hydrogens (tertiary/aromatic N) is 1. The van der Waals surface area contributed by atoms with Gasteiger partial charge in [0.05, 0.1) is 0 Å². The monoisotopic (exact) mass is 379 g/mol. The van der Waals surface area contributed by atoms with E-state index in [9.17, 15) is 0 Å². The predicted molar refractivity (Wildman–Crippen MR) is 95.9 cm³/mol. The Kier molecular flexibility index (Phi) is 15.4. The molecule has 0 heterocycles. The van der Waals surface area contributed by atoms with Gasteiger partial charge in [-0.05, 0) is 32.1 Å². The van der Waals surface area contributed by atoms with E-state index in [1.54, 1.807) is 0 Å². The molecule has 112 valence electrons. The van der Waals surface area contributed by atoms with Gasteiger partial charge in [0, 0.05) is 19.0 Å². The van der Waals surface area contributed by atoms with E-state index >= 15 is 0 Å². The Morgan fingerprint density at radius 1 is 1.21 bits per heavy atom. The van der Waals surface area contributed by atoms with Crippen molar-refractivity contribution in [3.63, 3.8) is 0 Å². The highest BCUT2D eigenvalue weighted by Gasteiger charge is 2.03. The number of hydrogen-bond acceptors (Lipinski definition) is 1. The Balaban J connectivity index is 0. The number of unbranched alkanes of at least 4 members (excludes halogenated alkanes) is 2. The van der Waals surface area contributed by atoms with E-state index in [1.165, 1.54) is 12.8 Å². The van der Waals surface area contributed by atoms with Crippen LogP contribution in [0.5, 0.6) is 0 Å². The van der Waals surface area contributed by atoms with Gasteiger partial charge >= 0.3 is 0 Å². The second kappa shape index (κ2) is 14.0. The molecule has 0 fully saturated rings. The standard InChI is InChI=1S/C15H29N3.HI/c1-5-6-7-8-12-17-15(16)18-14(4)11-9-10-13(2)3;/h1,13-14H,6-12H2,2-4H3,(H3,16,17,18);1H. The molecule has 0 amide bonds. The van der Waals surface area contributed by atoms with Gasteiger partial charge in [-0.1, -0.05) is 26.7 Å². The third kappa shape index (κ3) is 15.5. The molecule has 4 heteroatoms. The summed E-state index contributed by atoms with van der Waals surface area (Å²) >= 11 is 0. The zero-order chi connectivity index (χ0) is 13.8. The van der Waals surface area contributed by atoms with Crippen molar-refractivity contribution in [1.82, 2.24) is 5.32 Å². The van der Waals surface area contributed by atoms with Gasteiger partial charge in [-0.3, -0.25) is 4.99 Å². The third-order valence-corrected chi connectivity index (χ3v) is 2.82. The van der Waals surface area contributed by atoms with Crippen LogP contribution in [0.4, 0.5) is 0 Å². The summed E-state index contributed by atoms with van der Waals surface area (Å²) in [5, 5.41) is 3.23. The van der Waals surface area contributed by atoms with E-state index in [0.29, 0.717) is 12.0 Å². The van der Waals surface area contributed by atoms with Crippen LogP contribution in [-0.2, 0) is 0 Å². The van der Waals surface area contributed by atoms with E-state index in [4.69, 9.17) is 12.2 Å². The minimum Gasteiger partial charge on any atom is -0.370 e. The van der Waals surface area contributed by atoms with Crippen LogP contribution in [0.3, 0.4) is 0 Å². The molecule has 3 N–H and O–H groups in total. The van der Waals surface area contributed by atoms with Crippen LogP contribution < -0.4 is 11.1 Å². The van der Waals surface area contributed by atoms with Crippen molar-refractivity contribution in [3.05, 3.63) is 0 Å². The topological polar surface area (TPSA) is 50.4 Å². The van der Waals surface area contributed by atoms with Gasteiger partial charge in [0.25, 0.3) is 0 Å². The van der Waals surface area contributed by atoms with Crippen LogP contribution in [0.2, 0.25) is 0 Å². The molecule has 0 aliphatic carbocycles. The summed E-state index contributed by atoms with van der Waals surface area (Å²) in [7, 11) is 0. The zero-order valence-corrected chi connectivity index (χ0v) is 14.9. The average Bonchev–Trinajstić information content (AvgIpc) is 2.28. The third-order valence-electron chi connectivity index (χ3n) is 2.82. The second-order valence-electron chi connectivity index (χ2n) is 5.30. The van der Waals surface area contributed by atoms with Gasteiger partial charge in [0.1, 0.15) is 0 Å². The van der Waals surface area contributed by atoms with Crippen molar-refractivity contribution in [2.24, 2.45) is 16.6 Å². The summed E-state index contributed by atoms with van der Waals surface area (Å²) in [4.78, 5) is 4.29. The van der Waals surface area contributed by atoms with E-state index < -0.39 is 0 Å². The Morgan fingerprint density at radius 2 is 1.89 bits per heavy atom. The molecule has 0 saturated carbocycles. The molecule has 19 heavy (non-hydrogen) atoms. The van der Waals surface area contributed by atoms with Gasteiger partial charge in [0.15, 0.2) is 5.96 Å². The Morgan fingerprint density at radius 3 is 2.47 bits per heavy atom. The maximum Gasteiger partial charge on any atom is 0.188 e. The zero-order valence-electron chi connectivity index (χ0n) is 12.6. The summed E-state index contributed by atoms with van der Waals surface area (Å²) in [5.74, 6) is 3.96. The highest BCUT2D eigenvalue weighted by atomic mass is 127. The highest BCUT2D eigenvalue weighted by Crippen LogP contribution is 2.07. The first-order valence-electron chi connectivity index (χ1n) is 7.06. The van der Waals surface area contributed by atoms with Crippen molar-refractivity contribution in [2.75, 3.05) is 6.54 Å². The van der Waals surface area contributed by atoms with Gasteiger partial charge < -0.3 is 11.1 Å². The molecule has 0 rings (SSSR count). The van der Waals surface area contributed by atoms with Crippen LogP contribution in [-0.4, -0.2) is 18.5 Å². The molecule has 0 radical (unpaired) electrons. The maximum atomic E-state index is 5.82. The van der Waals surface area contributed by atoms with Crippen molar-refractivity contribution >= 4 is 29.9 Å². The van der Waals surface area contributed by atoms with Crippen molar-refractivity contribution < 1.29 is 0 Å².